The van der Waals surface area contributed by atoms with Crippen molar-refractivity contribution in [3.8, 4) is 0 Å². The van der Waals surface area contributed by atoms with Crippen molar-refractivity contribution in [1.29, 1.82) is 0 Å². The Hall–Kier alpha value is -2.65. The second-order valence-corrected chi connectivity index (χ2v) is 8.71. The lowest BCUT2D eigenvalue weighted by Gasteiger charge is -2.12. The predicted octanol–water partition coefficient (Wildman–Crippen LogP) is 4.59. The van der Waals surface area contributed by atoms with E-state index in [2.05, 4.69) is 36.8 Å². The molecule has 0 unspecified atom stereocenters. The lowest BCUT2D eigenvalue weighted by Crippen LogP contribution is -2.18. The summed E-state index contributed by atoms with van der Waals surface area (Å²) in [6.07, 6.45) is 0.111. The van der Waals surface area contributed by atoms with Crippen molar-refractivity contribution in [3.05, 3.63) is 63.9 Å². The number of carbonyl (C=O) groups excluding carboxylic acids is 2. The van der Waals surface area contributed by atoms with Crippen LogP contribution in [0.25, 0.3) is 0 Å². The minimum Gasteiger partial charge on any atom is -0.326 e. The standard InChI is InChI=1S/C22H24BrN5O2S/c1-4-28-19(12-20(29)24-16-8-6-5-7-9-16)26-27-22(28)31-13-21(30)25-18-11-10-17(23)14(2)15(18)3/h5-11H,4,12-13H2,1-3H3,(H,24,29)(H,25,30). The third-order valence-electron chi connectivity index (χ3n) is 4.81. The molecule has 0 radical (unpaired) electrons. The minimum atomic E-state index is -0.163. The predicted molar refractivity (Wildman–Crippen MR) is 127 cm³/mol. The Kier molecular flexibility index (Phi) is 7.86. The first-order valence-corrected chi connectivity index (χ1v) is 11.6. The molecule has 7 nitrogen and oxygen atoms in total. The molecule has 0 spiro atoms. The molecule has 0 fully saturated rings. The average molecular weight is 502 g/mol. The molecule has 0 atom stereocenters. The highest BCUT2D eigenvalue weighted by Crippen LogP contribution is 2.26. The number of benzene rings is 2. The normalized spacial score (nSPS) is 10.7. The van der Waals surface area contributed by atoms with Gasteiger partial charge in [0.15, 0.2) is 5.16 Å². The number of nitrogens with one attached hydrogen (secondary N) is 2. The summed E-state index contributed by atoms with van der Waals surface area (Å²) in [5, 5.41) is 14.8. The largest absolute Gasteiger partial charge is 0.326 e. The maximum Gasteiger partial charge on any atom is 0.234 e. The van der Waals surface area contributed by atoms with Crippen LogP contribution in [0.4, 0.5) is 11.4 Å². The van der Waals surface area contributed by atoms with Crippen molar-refractivity contribution < 1.29 is 9.59 Å². The molecule has 0 aliphatic carbocycles. The van der Waals surface area contributed by atoms with E-state index in [9.17, 15) is 9.59 Å². The number of carbonyl (C=O) groups is 2. The molecular formula is C22H24BrN5O2S. The number of hydrogen-bond acceptors (Lipinski definition) is 5. The van der Waals surface area contributed by atoms with Gasteiger partial charge >= 0.3 is 0 Å². The highest BCUT2D eigenvalue weighted by atomic mass is 79.9. The monoisotopic (exact) mass is 501 g/mol. The highest BCUT2D eigenvalue weighted by Gasteiger charge is 2.16. The van der Waals surface area contributed by atoms with Gasteiger partial charge in [0.2, 0.25) is 11.8 Å². The second kappa shape index (κ2) is 10.6. The Labute approximate surface area is 194 Å². The molecule has 0 saturated carbocycles. The minimum absolute atomic E-state index is 0.111. The molecule has 0 bridgehead atoms. The second-order valence-electron chi connectivity index (χ2n) is 6.92. The first-order valence-electron chi connectivity index (χ1n) is 9.84. The number of rotatable bonds is 8. The van der Waals surface area contributed by atoms with Crippen molar-refractivity contribution >= 4 is 50.9 Å². The maximum atomic E-state index is 12.5. The molecule has 3 aromatic rings. The molecule has 3 rings (SSSR count). The van der Waals surface area contributed by atoms with E-state index >= 15 is 0 Å². The van der Waals surface area contributed by atoms with E-state index in [4.69, 9.17) is 0 Å². The number of hydrogen-bond donors (Lipinski definition) is 2. The van der Waals surface area contributed by atoms with E-state index in [1.807, 2.05) is 67.8 Å². The molecule has 9 heteroatoms. The van der Waals surface area contributed by atoms with Gasteiger partial charge in [-0.3, -0.25) is 9.59 Å². The average Bonchev–Trinajstić information content (AvgIpc) is 3.14. The van der Waals surface area contributed by atoms with E-state index in [0.29, 0.717) is 17.5 Å². The summed E-state index contributed by atoms with van der Waals surface area (Å²) in [5.74, 6) is 0.480. The van der Waals surface area contributed by atoms with Gasteiger partial charge in [-0.1, -0.05) is 45.9 Å². The van der Waals surface area contributed by atoms with Crippen molar-refractivity contribution in [2.75, 3.05) is 16.4 Å². The number of thioether (sulfide) groups is 1. The van der Waals surface area contributed by atoms with Gasteiger partial charge in [-0.25, -0.2) is 0 Å². The van der Waals surface area contributed by atoms with Gasteiger partial charge in [0.1, 0.15) is 5.82 Å². The summed E-state index contributed by atoms with van der Waals surface area (Å²) in [5.41, 5.74) is 3.65. The number of aromatic nitrogens is 3. The Morgan fingerprint density at radius 3 is 2.45 bits per heavy atom. The topological polar surface area (TPSA) is 88.9 Å². The molecule has 1 heterocycles. The first-order chi connectivity index (χ1) is 14.9. The number of anilines is 2. The van der Waals surface area contributed by atoms with E-state index in [-0.39, 0.29) is 24.0 Å². The third-order valence-corrected chi connectivity index (χ3v) is 6.64. The van der Waals surface area contributed by atoms with Gasteiger partial charge in [-0.05, 0) is 56.2 Å². The zero-order valence-corrected chi connectivity index (χ0v) is 20.0. The molecule has 162 valence electrons. The van der Waals surface area contributed by atoms with Crippen LogP contribution < -0.4 is 10.6 Å². The molecular weight excluding hydrogens is 478 g/mol. The molecule has 31 heavy (non-hydrogen) atoms. The van der Waals surface area contributed by atoms with Crippen LogP contribution in [0.1, 0.15) is 23.9 Å². The zero-order chi connectivity index (χ0) is 22.4. The quantitative estimate of drug-likeness (QED) is 0.440. The molecule has 0 aliphatic rings. The Bertz CT molecular complexity index is 1090. The fourth-order valence-corrected chi connectivity index (χ4v) is 4.23. The highest BCUT2D eigenvalue weighted by molar-refractivity contribution is 9.10. The van der Waals surface area contributed by atoms with E-state index < -0.39 is 0 Å². The Morgan fingerprint density at radius 1 is 1.00 bits per heavy atom. The van der Waals surface area contributed by atoms with Crippen LogP contribution in [0, 0.1) is 13.8 Å². The van der Waals surface area contributed by atoms with Crippen LogP contribution in [0.5, 0.6) is 0 Å². The Balaban J connectivity index is 1.60. The molecule has 2 N–H and O–H groups in total. The van der Waals surface area contributed by atoms with Crippen LogP contribution in [0.15, 0.2) is 52.1 Å². The zero-order valence-electron chi connectivity index (χ0n) is 17.6. The van der Waals surface area contributed by atoms with Crippen LogP contribution >= 0.6 is 27.7 Å². The number of nitrogens with zero attached hydrogens (tertiary/aromatic N) is 3. The van der Waals surface area contributed by atoms with Crippen molar-refractivity contribution in [1.82, 2.24) is 14.8 Å². The number of para-hydroxylation sites is 1. The molecule has 2 aromatic carbocycles. The smallest absolute Gasteiger partial charge is 0.234 e. The van der Waals surface area contributed by atoms with Crippen LogP contribution in [0.3, 0.4) is 0 Å². The van der Waals surface area contributed by atoms with E-state index in [1.54, 1.807) is 0 Å². The lowest BCUT2D eigenvalue weighted by molar-refractivity contribution is -0.116. The fourth-order valence-electron chi connectivity index (χ4n) is 2.98. The van der Waals surface area contributed by atoms with Gasteiger partial charge in [-0.15, -0.1) is 10.2 Å². The van der Waals surface area contributed by atoms with Crippen LogP contribution in [0.2, 0.25) is 0 Å². The SMILES string of the molecule is CCn1c(CC(=O)Nc2ccccc2)nnc1SCC(=O)Nc1ccc(Br)c(C)c1C. The van der Waals surface area contributed by atoms with E-state index in [1.165, 1.54) is 11.8 Å². The van der Waals surface area contributed by atoms with Crippen LogP contribution in [-0.4, -0.2) is 32.3 Å². The summed E-state index contributed by atoms with van der Waals surface area (Å²) in [4.78, 5) is 24.8. The van der Waals surface area contributed by atoms with Crippen LogP contribution in [-0.2, 0) is 22.6 Å². The Morgan fingerprint density at radius 2 is 1.74 bits per heavy atom. The molecule has 0 saturated heterocycles. The van der Waals surface area contributed by atoms with E-state index in [0.717, 1.165) is 27.0 Å². The molecule has 0 aliphatic heterocycles. The van der Waals surface area contributed by atoms with Gasteiger partial charge in [0.25, 0.3) is 0 Å². The summed E-state index contributed by atoms with van der Waals surface area (Å²) < 4.78 is 2.87. The summed E-state index contributed by atoms with van der Waals surface area (Å²) in [6, 6.07) is 13.1. The maximum absolute atomic E-state index is 12.5. The summed E-state index contributed by atoms with van der Waals surface area (Å²) in [6.45, 7) is 6.54. The molecule has 2 amide bonds. The van der Waals surface area contributed by atoms with Crippen molar-refractivity contribution in [3.63, 3.8) is 0 Å². The fraction of sp³-hybridized carbons (Fsp3) is 0.273. The number of halogens is 1. The summed E-state index contributed by atoms with van der Waals surface area (Å²) in [7, 11) is 0. The molecule has 1 aromatic heterocycles. The third kappa shape index (κ3) is 5.95. The van der Waals surface area contributed by atoms with Crippen molar-refractivity contribution in [2.24, 2.45) is 0 Å². The van der Waals surface area contributed by atoms with Gasteiger partial charge in [0, 0.05) is 22.4 Å². The summed E-state index contributed by atoms with van der Waals surface area (Å²) >= 11 is 4.80. The van der Waals surface area contributed by atoms with Gasteiger partial charge < -0.3 is 15.2 Å². The number of amides is 2. The first kappa shape index (κ1) is 23.0. The van der Waals surface area contributed by atoms with Gasteiger partial charge in [-0.2, -0.15) is 0 Å². The van der Waals surface area contributed by atoms with Gasteiger partial charge in [0.05, 0.1) is 12.2 Å². The van der Waals surface area contributed by atoms with Crippen molar-refractivity contribution in [2.45, 2.75) is 38.9 Å². The lowest BCUT2D eigenvalue weighted by atomic mass is 10.1.